The standard InChI is InChI=1S/C25H20ClF3N4O3S/c1-24(2)22(35)33(16-7-9-17(10-8-16)37-25(27,28)29)23(36)32(24)14-15-11-12-30-20(13-15)31-21(34)18-5-3-4-6-19(18)26/h3-13H,14H2,1-2H3,(H,30,31,34). The molecule has 0 bridgehead atoms. The number of hydrogen-bond acceptors (Lipinski definition) is 5. The Labute approximate surface area is 219 Å². The minimum absolute atomic E-state index is 0.0214. The van der Waals surface area contributed by atoms with Crippen LogP contribution in [0.5, 0.6) is 0 Å². The Morgan fingerprint density at radius 2 is 1.76 bits per heavy atom. The summed E-state index contributed by atoms with van der Waals surface area (Å²) in [5.74, 6) is -0.746. The molecule has 1 fully saturated rings. The molecule has 1 aromatic heterocycles. The van der Waals surface area contributed by atoms with E-state index in [2.05, 4.69) is 10.3 Å². The van der Waals surface area contributed by atoms with Gasteiger partial charge in [0.05, 0.1) is 16.3 Å². The number of anilines is 2. The molecule has 2 heterocycles. The number of imide groups is 1. The second-order valence-corrected chi connectivity index (χ2v) is 10.1. The van der Waals surface area contributed by atoms with Crippen molar-refractivity contribution in [3.63, 3.8) is 0 Å². The van der Waals surface area contributed by atoms with Crippen molar-refractivity contribution in [2.45, 2.75) is 36.3 Å². The van der Waals surface area contributed by atoms with Gasteiger partial charge in [0, 0.05) is 17.6 Å². The first-order valence-electron chi connectivity index (χ1n) is 10.9. The zero-order valence-electron chi connectivity index (χ0n) is 19.5. The topological polar surface area (TPSA) is 82.6 Å². The lowest BCUT2D eigenvalue weighted by atomic mass is 10.0. The Kier molecular flexibility index (Phi) is 7.20. The van der Waals surface area contributed by atoms with E-state index in [0.29, 0.717) is 5.56 Å². The average molecular weight is 549 g/mol. The smallest absolute Gasteiger partial charge is 0.307 e. The highest BCUT2D eigenvalue weighted by atomic mass is 35.5. The number of rotatable bonds is 6. The molecule has 1 N–H and O–H groups in total. The van der Waals surface area contributed by atoms with Crippen molar-refractivity contribution >= 4 is 52.7 Å². The number of alkyl halides is 3. The van der Waals surface area contributed by atoms with Gasteiger partial charge in [-0.15, -0.1) is 0 Å². The number of benzene rings is 2. The van der Waals surface area contributed by atoms with Gasteiger partial charge < -0.3 is 10.2 Å². The van der Waals surface area contributed by atoms with E-state index in [1.807, 2.05) is 0 Å². The van der Waals surface area contributed by atoms with Gasteiger partial charge in [0.25, 0.3) is 11.8 Å². The maximum atomic E-state index is 13.3. The van der Waals surface area contributed by atoms with E-state index in [4.69, 9.17) is 11.6 Å². The van der Waals surface area contributed by atoms with Crippen LogP contribution in [-0.4, -0.2) is 38.8 Å². The van der Waals surface area contributed by atoms with Crippen LogP contribution < -0.4 is 10.2 Å². The largest absolute Gasteiger partial charge is 0.446 e. The van der Waals surface area contributed by atoms with Crippen molar-refractivity contribution in [1.82, 2.24) is 9.88 Å². The summed E-state index contributed by atoms with van der Waals surface area (Å²) in [7, 11) is 0. The fourth-order valence-corrected chi connectivity index (χ4v) is 4.54. The number of halogens is 4. The number of thioether (sulfide) groups is 1. The predicted molar refractivity (Wildman–Crippen MR) is 135 cm³/mol. The van der Waals surface area contributed by atoms with Crippen LogP contribution in [0.1, 0.15) is 29.8 Å². The first-order chi connectivity index (χ1) is 17.4. The molecule has 192 valence electrons. The third kappa shape index (κ3) is 5.72. The van der Waals surface area contributed by atoms with Crippen LogP contribution in [0.3, 0.4) is 0 Å². The van der Waals surface area contributed by atoms with Crippen molar-refractivity contribution in [3.05, 3.63) is 83.0 Å². The molecule has 12 heteroatoms. The van der Waals surface area contributed by atoms with Gasteiger partial charge in [0.2, 0.25) is 0 Å². The number of carbonyl (C=O) groups excluding carboxylic acids is 3. The van der Waals surface area contributed by atoms with Crippen LogP contribution in [0.25, 0.3) is 0 Å². The summed E-state index contributed by atoms with van der Waals surface area (Å²) in [5, 5.41) is 2.95. The molecule has 0 saturated carbocycles. The quantitative estimate of drug-likeness (QED) is 0.287. The zero-order valence-corrected chi connectivity index (χ0v) is 21.1. The number of urea groups is 1. The lowest BCUT2D eigenvalue weighted by molar-refractivity contribution is -0.123. The summed E-state index contributed by atoms with van der Waals surface area (Å²) in [6.07, 6.45) is 1.46. The minimum atomic E-state index is -4.45. The molecule has 0 aliphatic carbocycles. The molecule has 1 saturated heterocycles. The Hall–Kier alpha value is -3.57. The Balaban J connectivity index is 1.52. The molecular weight excluding hydrogens is 529 g/mol. The highest BCUT2D eigenvalue weighted by Crippen LogP contribution is 2.39. The number of amides is 4. The van der Waals surface area contributed by atoms with E-state index in [0.717, 1.165) is 4.90 Å². The van der Waals surface area contributed by atoms with Crippen LogP contribution in [0, 0.1) is 0 Å². The van der Waals surface area contributed by atoms with Gasteiger partial charge in [-0.05, 0) is 79.7 Å². The summed E-state index contributed by atoms with van der Waals surface area (Å²) in [6, 6.07) is 14.2. The van der Waals surface area contributed by atoms with Crippen molar-refractivity contribution in [1.29, 1.82) is 0 Å². The first kappa shape index (κ1) is 26.5. The van der Waals surface area contributed by atoms with E-state index in [1.165, 1.54) is 35.4 Å². The molecule has 1 aliphatic heterocycles. The Morgan fingerprint density at radius 1 is 1.08 bits per heavy atom. The molecule has 4 rings (SSSR count). The highest BCUT2D eigenvalue weighted by Gasteiger charge is 2.51. The predicted octanol–water partition coefficient (Wildman–Crippen LogP) is 6.35. The van der Waals surface area contributed by atoms with Gasteiger partial charge in [0.1, 0.15) is 11.4 Å². The molecule has 37 heavy (non-hydrogen) atoms. The van der Waals surface area contributed by atoms with E-state index in [-0.39, 0.29) is 45.3 Å². The van der Waals surface area contributed by atoms with Gasteiger partial charge in [-0.2, -0.15) is 13.2 Å². The molecule has 0 radical (unpaired) electrons. The van der Waals surface area contributed by atoms with Gasteiger partial charge in [-0.25, -0.2) is 14.7 Å². The summed E-state index contributed by atoms with van der Waals surface area (Å²) in [6.45, 7) is 3.19. The van der Waals surface area contributed by atoms with Gasteiger partial charge in [0.15, 0.2) is 0 Å². The SMILES string of the molecule is CC1(C)C(=O)N(c2ccc(SC(F)(F)F)cc2)C(=O)N1Cc1ccnc(NC(=O)c2ccccc2Cl)c1. The van der Waals surface area contributed by atoms with Crippen LogP contribution in [-0.2, 0) is 11.3 Å². The summed E-state index contributed by atoms with van der Waals surface area (Å²) >= 11 is 5.80. The molecule has 0 spiro atoms. The van der Waals surface area contributed by atoms with Crippen LogP contribution >= 0.6 is 23.4 Å². The average Bonchev–Trinajstić information content (AvgIpc) is 2.98. The minimum Gasteiger partial charge on any atom is -0.307 e. The van der Waals surface area contributed by atoms with Crippen molar-refractivity contribution in [2.75, 3.05) is 10.2 Å². The van der Waals surface area contributed by atoms with E-state index >= 15 is 0 Å². The Morgan fingerprint density at radius 3 is 2.41 bits per heavy atom. The van der Waals surface area contributed by atoms with Gasteiger partial charge in [-0.3, -0.25) is 9.59 Å². The number of carbonyl (C=O) groups is 3. The number of hydrogen-bond donors (Lipinski definition) is 1. The van der Waals surface area contributed by atoms with Crippen molar-refractivity contribution < 1.29 is 27.6 Å². The van der Waals surface area contributed by atoms with Gasteiger partial charge in [-0.1, -0.05) is 23.7 Å². The summed E-state index contributed by atoms with van der Waals surface area (Å²) in [4.78, 5) is 45.4. The number of nitrogens with one attached hydrogen (secondary N) is 1. The van der Waals surface area contributed by atoms with E-state index in [9.17, 15) is 27.6 Å². The normalized spacial score (nSPS) is 15.3. The molecule has 4 amide bonds. The molecule has 0 atom stereocenters. The Bertz CT molecular complexity index is 1370. The number of pyridine rings is 1. The zero-order chi connectivity index (χ0) is 27.0. The molecule has 0 unspecified atom stereocenters. The highest BCUT2D eigenvalue weighted by molar-refractivity contribution is 8.00. The maximum absolute atomic E-state index is 13.3. The van der Waals surface area contributed by atoms with E-state index in [1.54, 1.807) is 50.2 Å². The third-order valence-electron chi connectivity index (χ3n) is 5.68. The van der Waals surface area contributed by atoms with Crippen molar-refractivity contribution in [2.24, 2.45) is 0 Å². The number of aromatic nitrogens is 1. The first-order valence-corrected chi connectivity index (χ1v) is 12.1. The maximum Gasteiger partial charge on any atom is 0.446 e. The van der Waals surface area contributed by atoms with E-state index < -0.39 is 28.9 Å². The monoisotopic (exact) mass is 548 g/mol. The van der Waals surface area contributed by atoms with Crippen LogP contribution in [0.4, 0.5) is 29.5 Å². The third-order valence-corrected chi connectivity index (χ3v) is 6.75. The van der Waals surface area contributed by atoms with Crippen LogP contribution in [0.2, 0.25) is 5.02 Å². The van der Waals surface area contributed by atoms with Crippen molar-refractivity contribution in [3.8, 4) is 0 Å². The van der Waals surface area contributed by atoms with Gasteiger partial charge >= 0.3 is 11.5 Å². The summed E-state index contributed by atoms with van der Waals surface area (Å²) < 4.78 is 37.9. The van der Waals surface area contributed by atoms with Crippen LogP contribution in [0.15, 0.2) is 71.8 Å². The molecule has 3 aromatic rings. The molecule has 1 aliphatic rings. The lowest BCUT2D eigenvalue weighted by Gasteiger charge is -2.27. The molecule has 2 aromatic carbocycles. The summed E-state index contributed by atoms with van der Waals surface area (Å²) in [5.41, 5.74) is -4.65. The molecule has 7 nitrogen and oxygen atoms in total. The fourth-order valence-electron chi connectivity index (χ4n) is 3.78. The fraction of sp³-hybridized carbons (Fsp3) is 0.200. The number of nitrogens with zero attached hydrogens (tertiary/aromatic N) is 3. The lowest BCUT2D eigenvalue weighted by Crippen LogP contribution is -2.43. The molecular formula is C25H20ClF3N4O3S. The second-order valence-electron chi connectivity index (χ2n) is 8.59. The second kappa shape index (κ2) is 10.1.